The first-order valence-electron chi connectivity index (χ1n) is 9.29. The third kappa shape index (κ3) is 3.07. The number of ether oxygens (including phenoxy) is 1. The van der Waals surface area contributed by atoms with Gasteiger partial charge < -0.3 is 9.84 Å². The summed E-state index contributed by atoms with van der Waals surface area (Å²) in [5.41, 5.74) is 5.24. The minimum absolute atomic E-state index is 0.0975. The highest BCUT2D eigenvalue weighted by atomic mass is 16.5. The summed E-state index contributed by atoms with van der Waals surface area (Å²) in [7, 11) is 1.53. The number of hydrogen-bond donors (Lipinski definition) is 1. The van der Waals surface area contributed by atoms with E-state index in [1.54, 1.807) is 18.3 Å². The summed E-state index contributed by atoms with van der Waals surface area (Å²) >= 11 is 0. The van der Waals surface area contributed by atoms with E-state index in [0.29, 0.717) is 11.4 Å². The number of methoxy groups -OCH3 is 1. The molecule has 0 saturated heterocycles. The molecule has 0 saturated carbocycles. The van der Waals surface area contributed by atoms with Crippen LogP contribution in [0.5, 0.6) is 11.5 Å². The van der Waals surface area contributed by atoms with Crippen LogP contribution in [0.15, 0.2) is 48.7 Å². The van der Waals surface area contributed by atoms with Gasteiger partial charge in [-0.2, -0.15) is 5.10 Å². The van der Waals surface area contributed by atoms with E-state index in [4.69, 9.17) is 14.8 Å². The van der Waals surface area contributed by atoms with E-state index < -0.39 is 0 Å². The molecule has 0 radical (unpaired) electrons. The van der Waals surface area contributed by atoms with E-state index in [9.17, 15) is 5.11 Å². The van der Waals surface area contributed by atoms with Crippen LogP contribution in [0.4, 0.5) is 0 Å². The van der Waals surface area contributed by atoms with Gasteiger partial charge in [-0.15, -0.1) is 0 Å². The van der Waals surface area contributed by atoms with Gasteiger partial charge in [0.2, 0.25) is 0 Å². The molecule has 0 aliphatic carbocycles. The van der Waals surface area contributed by atoms with Crippen molar-refractivity contribution in [1.29, 1.82) is 0 Å². The Hall–Kier alpha value is -3.41. The Kier molecular flexibility index (Phi) is 4.69. The minimum Gasteiger partial charge on any atom is -0.504 e. The lowest BCUT2D eigenvalue weighted by molar-refractivity contribution is 0.373. The van der Waals surface area contributed by atoms with E-state index in [1.807, 2.05) is 35.0 Å². The largest absolute Gasteiger partial charge is 0.504 e. The predicted octanol–water partition coefficient (Wildman–Crippen LogP) is 4.59. The molecular formula is C22H22N4O2. The SMILES string of the molecule is CCCn1nc2nc(-c3ccc(O)c(OC)c3)cc(-c3ccccn3)c2c1C. The molecule has 1 aromatic carbocycles. The number of pyridine rings is 2. The van der Waals surface area contributed by atoms with Gasteiger partial charge in [0.1, 0.15) is 0 Å². The van der Waals surface area contributed by atoms with E-state index in [-0.39, 0.29) is 5.75 Å². The Morgan fingerprint density at radius 3 is 2.68 bits per heavy atom. The van der Waals surface area contributed by atoms with Crippen LogP contribution in [0.3, 0.4) is 0 Å². The van der Waals surface area contributed by atoms with Gasteiger partial charge >= 0.3 is 0 Å². The number of nitrogens with zero attached hydrogens (tertiary/aromatic N) is 4. The second-order valence-corrected chi connectivity index (χ2v) is 6.66. The number of aromatic nitrogens is 4. The predicted molar refractivity (Wildman–Crippen MR) is 109 cm³/mol. The van der Waals surface area contributed by atoms with E-state index in [1.165, 1.54) is 7.11 Å². The second kappa shape index (κ2) is 7.31. The fourth-order valence-electron chi connectivity index (χ4n) is 3.42. The lowest BCUT2D eigenvalue weighted by Crippen LogP contribution is -2.00. The maximum Gasteiger partial charge on any atom is 0.182 e. The second-order valence-electron chi connectivity index (χ2n) is 6.66. The van der Waals surface area contributed by atoms with Crippen molar-refractivity contribution in [3.8, 4) is 34.0 Å². The van der Waals surface area contributed by atoms with Crippen LogP contribution in [0.25, 0.3) is 33.5 Å². The van der Waals surface area contributed by atoms with Gasteiger partial charge in [0.05, 0.1) is 23.9 Å². The molecule has 0 fully saturated rings. The first-order chi connectivity index (χ1) is 13.6. The van der Waals surface area contributed by atoms with Crippen molar-refractivity contribution in [2.45, 2.75) is 26.8 Å². The summed E-state index contributed by atoms with van der Waals surface area (Å²) in [5.74, 6) is 0.506. The van der Waals surface area contributed by atoms with Gasteiger partial charge in [0.25, 0.3) is 0 Å². The highest BCUT2D eigenvalue weighted by Crippen LogP contribution is 2.35. The van der Waals surface area contributed by atoms with Gasteiger partial charge in [0.15, 0.2) is 17.1 Å². The summed E-state index contributed by atoms with van der Waals surface area (Å²) in [6.07, 6.45) is 2.78. The standard InChI is InChI=1S/C22H22N4O2/c1-4-11-26-14(2)21-16(17-7-5-6-10-23-17)13-18(24-22(21)25-26)15-8-9-19(27)20(12-15)28-3/h5-10,12-13,27H,4,11H2,1-3H3. The molecule has 6 nitrogen and oxygen atoms in total. The van der Waals surface area contributed by atoms with Crippen molar-refractivity contribution in [2.75, 3.05) is 7.11 Å². The summed E-state index contributed by atoms with van der Waals surface area (Å²) in [6.45, 7) is 5.04. The zero-order valence-corrected chi connectivity index (χ0v) is 16.2. The lowest BCUT2D eigenvalue weighted by atomic mass is 10.0. The number of phenolic OH excluding ortho intramolecular Hbond substituents is 1. The normalized spacial score (nSPS) is 11.1. The van der Waals surface area contributed by atoms with Crippen molar-refractivity contribution in [2.24, 2.45) is 0 Å². The lowest BCUT2D eigenvalue weighted by Gasteiger charge is -2.09. The zero-order chi connectivity index (χ0) is 19.7. The van der Waals surface area contributed by atoms with Crippen LogP contribution in [-0.2, 0) is 6.54 Å². The van der Waals surface area contributed by atoms with Gasteiger partial charge in [-0.1, -0.05) is 13.0 Å². The summed E-state index contributed by atoms with van der Waals surface area (Å²) < 4.78 is 7.26. The number of benzene rings is 1. The molecule has 142 valence electrons. The smallest absolute Gasteiger partial charge is 0.182 e. The molecule has 0 aliphatic rings. The van der Waals surface area contributed by atoms with Crippen molar-refractivity contribution in [3.63, 3.8) is 0 Å². The Morgan fingerprint density at radius 1 is 1.11 bits per heavy atom. The van der Waals surface area contributed by atoms with Gasteiger partial charge in [-0.05, 0) is 49.7 Å². The van der Waals surface area contributed by atoms with Crippen molar-refractivity contribution < 1.29 is 9.84 Å². The fourth-order valence-corrected chi connectivity index (χ4v) is 3.42. The molecule has 0 spiro atoms. The molecule has 0 bridgehead atoms. The first-order valence-corrected chi connectivity index (χ1v) is 9.29. The fraction of sp³-hybridized carbons (Fsp3) is 0.227. The molecule has 4 rings (SSSR count). The Morgan fingerprint density at radius 2 is 1.96 bits per heavy atom. The van der Waals surface area contributed by atoms with Crippen molar-refractivity contribution >= 4 is 11.0 Å². The number of hydrogen-bond acceptors (Lipinski definition) is 5. The van der Waals surface area contributed by atoms with Crippen LogP contribution in [0.1, 0.15) is 19.0 Å². The minimum atomic E-state index is 0.0975. The number of phenols is 1. The number of aryl methyl sites for hydroxylation is 2. The Bertz CT molecular complexity index is 1140. The Labute approximate surface area is 163 Å². The van der Waals surface area contributed by atoms with E-state index >= 15 is 0 Å². The van der Waals surface area contributed by atoms with Crippen molar-refractivity contribution in [1.82, 2.24) is 19.7 Å². The van der Waals surface area contributed by atoms with Crippen LogP contribution in [0, 0.1) is 6.92 Å². The van der Waals surface area contributed by atoms with Crippen molar-refractivity contribution in [3.05, 3.63) is 54.4 Å². The molecule has 28 heavy (non-hydrogen) atoms. The average Bonchev–Trinajstić information content (AvgIpc) is 3.04. The molecule has 0 unspecified atom stereocenters. The highest BCUT2D eigenvalue weighted by Gasteiger charge is 2.17. The summed E-state index contributed by atoms with van der Waals surface area (Å²) in [4.78, 5) is 9.35. The summed E-state index contributed by atoms with van der Waals surface area (Å²) in [5, 5.41) is 15.7. The van der Waals surface area contributed by atoms with Gasteiger partial charge in [-0.3, -0.25) is 9.67 Å². The monoisotopic (exact) mass is 374 g/mol. The summed E-state index contributed by atoms with van der Waals surface area (Å²) in [6, 6.07) is 13.1. The molecule has 3 aromatic heterocycles. The number of rotatable bonds is 5. The maximum atomic E-state index is 9.91. The van der Waals surface area contributed by atoms with E-state index in [2.05, 4.69) is 18.8 Å². The number of fused-ring (bicyclic) bond motifs is 1. The molecule has 3 heterocycles. The van der Waals surface area contributed by atoms with Crippen LogP contribution < -0.4 is 4.74 Å². The highest BCUT2D eigenvalue weighted by molar-refractivity contribution is 5.96. The van der Waals surface area contributed by atoms with Crippen LogP contribution in [-0.4, -0.2) is 32.0 Å². The molecule has 1 N–H and O–H groups in total. The third-order valence-corrected chi connectivity index (χ3v) is 4.82. The van der Waals surface area contributed by atoms with E-state index in [0.717, 1.165) is 46.6 Å². The first kappa shape index (κ1) is 18.0. The average molecular weight is 374 g/mol. The quantitative estimate of drug-likeness (QED) is 0.553. The third-order valence-electron chi connectivity index (χ3n) is 4.82. The molecule has 4 aromatic rings. The molecule has 6 heteroatoms. The maximum absolute atomic E-state index is 9.91. The molecule has 0 atom stereocenters. The van der Waals surface area contributed by atoms with Crippen LogP contribution in [0.2, 0.25) is 0 Å². The Balaban J connectivity index is 1.99. The zero-order valence-electron chi connectivity index (χ0n) is 16.2. The van der Waals surface area contributed by atoms with Gasteiger partial charge in [0, 0.05) is 29.6 Å². The number of aromatic hydroxyl groups is 1. The topological polar surface area (TPSA) is 73.1 Å². The molecular weight excluding hydrogens is 352 g/mol. The molecule has 0 aliphatic heterocycles. The molecule has 0 amide bonds. The van der Waals surface area contributed by atoms with Gasteiger partial charge in [-0.25, -0.2) is 4.98 Å². The van der Waals surface area contributed by atoms with Crippen LogP contribution >= 0.6 is 0 Å².